The van der Waals surface area contributed by atoms with Crippen molar-refractivity contribution in [1.29, 1.82) is 0 Å². The summed E-state index contributed by atoms with van der Waals surface area (Å²) in [5, 5.41) is 4.14. The fourth-order valence-electron chi connectivity index (χ4n) is 1.78. The summed E-state index contributed by atoms with van der Waals surface area (Å²) in [4.78, 5) is 14.2. The molecule has 0 unspecified atom stereocenters. The van der Waals surface area contributed by atoms with Gasteiger partial charge in [-0.05, 0) is 13.8 Å². The molecule has 1 N–H and O–H groups in total. The van der Waals surface area contributed by atoms with Crippen molar-refractivity contribution in [2.45, 2.75) is 20.5 Å². The van der Waals surface area contributed by atoms with E-state index in [2.05, 4.69) is 20.3 Å². The summed E-state index contributed by atoms with van der Waals surface area (Å²) in [6.45, 7) is 5.32. The number of thiazole rings is 1. The average molecular weight is 248 g/mol. The lowest BCUT2D eigenvalue weighted by Gasteiger charge is -2.15. The topological polar surface area (TPSA) is 59.9 Å². The third kappa shape index (κ3) is 1.74. The van der Waals surface area contributed by atoms with Crippen molar-refractivity contribution in [3.05, 3.63) is 16.9 Å². The molecule has 0 radical (unpaired) electrons. The van der Waals surface area contributed by atoms with Crippen LogP contribution in [-0.2, 0) is 6.61 Å². The molecule has 0 saturated carbocycles. The number of rotatable bonds is 2. The number of anilines is 1. The Kier molecular flexibility index (Phi) is 2.44. The van der Waals surface area contributed by atoms with Crippen LogP contribution in [0.2, 0.25) is 0 Å². The van der Waals surface area contributed by atoms with E-state index < -0.39 is 0 Å². The molecule has 3 rings (SSSR count). The molecule has 0 fully saturated rings. The van der Waals surface area contributed by atoms with Gasteiger partial charge in [0, 0.05) is 6.54 Å². The van der Waals surface area contributed by atoms with Crippen LogP contribution in [0.1, 0.15) is 17.6 Å². The molecule has 88 valence electrons. The lowest BCUT2D eigenvalue weighted by molar-refractivity contribution is 0.295. The van der Waals surface area contributed by atoms with Gasteiger partial charge in [-0.3, -0.25) is 0 Å². The van der Waals surface area contributed by atoms with Crippen LogP contribution in [0.3, 0.4) is 0 Å². The summed E-state index contributed by atoms with van der Waals surface area (Å²) in [6, 6.07) is 0. The maximum Gasteiger partial charge on any atom is 0.223 e. The summed E-state index contributed by atoms with van der Waals surface area (Å²) in [5.41, 5.74) is 1.82. The SMILES string of the molecule is CCNc1ncc2c(n1)-c1sc(C)nc1CO2. The second-order valence-electron chi connectivity index (χ2n) is 3.73. The molecule has 2 aromatic rings. The van der Waals surface area contributed by atoms with E-state index in [-0.39, 0.29) is 0 Å². The number of aryl methyl sites for hydroxylation is 1. The number of aromatic nitrogens is 3. The van der Waals surface area contributed by atoms with Gasteiger partial charge in [0.2, 0.25) is 5.95 Å². The molecule has 0 aromatic carbocycles. The summed E-state index contributed by atoms with van der Waals surface area (Å²) >= 11 is 1.65. The van der Waals surface area contributed by atoms with Gasteiger partial charge in [0.05, 0.1) is 21.8 Å². The van der Waals surface area contributed by atoms with Crippen LogP contribution in [0.15, 0.2) is 6.20 Å². The highest BCUT2D eigenvalue weighted by molar-refractivity contribution is 7.15. The van der Waals surface area contributed by atoms with E-state index in [1.807, 2.05) is 13.8 Å². The van der Waals surface area contributed by atoms with Crippen molar-refractivity contribution >= 4 is 17.3 Å². The second-order valence-corrected chi connectivity index (χ2v) is 4.94. The average Bonchev–Trinajstić information content (AvgIpc) is 2.70. The molecule has 0 amide bonds. The quantitative estimate of drug-likeness (QED) is 0.883. The van der Waals surface area contributed by atoms with Crippen molar-refractivity contribution in [3.63, 3.8) is 0 Å². The third-order valence-electron chi connectivity index (χ3n) is 2.47. The highest BCUT2D eigenvalue weighted by Crippen LogP contribution is 2.39. The maximum atomic E-state index is 5.59. The highest BCUT2D eigenvalue weighted by Gasteiger charge is 2.23. The molecule has 1 aliphatic rings. The van der Waals surface area contributed by atoms with E-state index >= 15 is 0 Å². The van der Waals surface area contributed by atoms with Gasteiger partial charge in [0.25, 0.3) is 0 Å². The molecular formula is C11H12N4OS. The predicted molar refractivity (Wildman–Crippen MR) is 66.4 cm³/mol. The Morgan fingerprint density at radius 2 is 2.35 bits per heavy atom. The molecule has 1 aliphatic heterocycles. The fraction of sp³-hybridized carbons (Fsp3) is 0.364. The molecule has 5 nitrogen and oxygen atoms in total. The Morgan fingerprint density at radius 1 is 1.47 bits per heavy atom. The zero-order valence-corrected chi connectivity index (χ0v) is 10.5. The maximum absolute atomic E-state index is 5.59. The monoisotopic (exact) mass is 248 g/mol. The van der Waals surface area contributed by atoms with Gasteiger partial charge in [-0.15, -0.1) is 11.3 Å². The molecule has 2 aromatic heterocycles. The third-order valence-corrected chi connectivity index (χ3v) is 3.49. The molecule has 3 heterocycles. The molecule has 0 bridgehead atoms. The first kappa shape index (κ1) is 10.5. The van der Waals surface area contributed by atoms with Crippen LogP contribution >= 0.6 is 11.3 Å². The van der Waals surface area contributed by atoms with Gasteiger partial charge in [-0.2, -0.15) is 0 Å². The van der Waals surface area contributed by atoms with Crippen LogP contribution in [0.5, 0.6) is 5.75 Å². The Hall–Kier alpha value is -1.69. The molecule has 0 atom stereocenters. The zero-order valence-electron chi connectivity index (χ0n) is 9.65. The summed E-state index contributed by atoms with van der Waals surface area (Å²) in [5.74, 6) is 1.37. The highest BCUT2D eigenvalue weighted by atomic mass is 32.1. The first-order valence-electron chi connectivity index (χ1n) is 5.48. The summed E-state index contributed by atoms with van der Waals surface area (Å²) in [7, 11) is 0. The number of nitrogens with zero attached hydrogens (tertiary/aromatic N) is 3. The number of nitrogens with one attached hydrogen (secondary N) is 1. The van der Waals surface area contributed by atoms with Gasteiger partial charge < -0.3 is 10.1 Å². The molecule has 17 heavy (non-hydrogen) atoms. The number of ether oxygens (including phenoxy) is 1. The Labute approximate surface area is 103 Å². The standard InChI is InChI=1S/C11H12N4OS/c1-3-12-11-13-4-8-9(15-11)10-7(5-16-8)14-6(2)17-10/h4H,3,5H2,1-2H3,(H,12,13,15). The molecule has 0 spiro atoms. The fourth-order valence-corrected chi connectivity index (χ4v) is 2.70. The van der Waals surface area contributed by atoms with Crippen molar-refractivity contribution in [2.24, 2.45) is 0 Å². The minimum Gasteiger partial charge on any atom is -0.483 e. The summed E-state index contributed by atoms with van der Waals surface area (Å²) < 4.78 is 5.59. The van der Waals surface area contributed by atoms with Crippen molar-refractivity contribution < 1.29 is 4.74 Å². The minimum atomic E-state index is 0.511. The lowest BCUT2D eigenvalue weighted by atomic mass is 10.2. The van der Waals surface area contributed by atoms with Crippen LogP contribution in [-0.4, -0.2) is 21.5 Å². The smallest absolute Gasteiger partial charge is 0.223 e. The van der Waals surface area contributed by atoms with E-state index in [4.69, 9.17) is 4.74 Å². The number of hydrogen-bond donors (Lipinski definition) is 1. The predicted octanol–water partition coefficient (Wildman–Crippen LogP) is 2.23. The van der Waals surface area contributed by atoms with Gasteiger partial charge in [0.15, 0.2) is 5.75 Å². The van der Waals surface area contributed by atoms with E-state index in [0.717, 1.165) is 33.6 Å². The molecule has 0 saturated heterocycles. The zero-order chi connectivity index (χ0) is 11.8. The van der Waals surface area contributed by atoms with E-state index in [9.17, 15) is 0 Å². The number of fused-ring (bicyclic) bond motifs is 3. The Morgan fingerprint density at radius 3 is 3.18 bits per heavy atom. The summed E-state index contributed by atoms with van der Waals surface area (Å²) in [6.07, 6.45) is 1.72. The van der Waals surface area contributed by atoms with Crippen LogP contribution in [0, 0.1) is 6.92 Å². The molecular weight excluding hydrogens is 236 g/mol. The van der Waals surface area contributed by atoms with E-state index in [1.54, 1.807) is 17.5 Å². The van der Waals surface area contributed by atoms with Gasteiger partial charge >= 0.3 is 0 Å². The van der Waals surface area contributed by atoms with Gasteiger partial charge in [0.1, 0.15) is 12.3 Å². The van der Waals surface area contributed by atoms with Crippen molar-refractivity contribution in [2.75, 3.05) is 11.9 Å². The second kappa shape index (κ2) is 3.96. The van der Waals surface area contributed by atoms with Gasteiger partial charge in [-0.25, -0.2) is 15.0 Å². The van der Waals surface area contributed by atoms with E-state index in [1.165, 1.54) is 0 Å². The number of hydrogen-bond acceptors (Lipinski definition) is 6. The van der Waals surface area contributed by atoms with Gasteiger partial charge in [-0.1, -0.05) is 0 Å². The molecule has 6 heteroatoms. The lowest BCUT2D eigenvalue weighted by Crippen LogP contribution is -2.09. The molecule has 0 aliphatic carbocycles. The van der Waals surface area contributed by atoms with Crippen molar-refractivity contribution in [1.82, 2.24) is 15.0 Å². The van der Waals surface area contributed by atoms with Crippen LogP contribution < -0.4 is 10.1 Å². The van der Waals surface area contributed by atoms with Crippen LogP contribution in [0.25, 0.3) is 10.6 Å². The minimum absolute atomic E-state index is 0.511. The first-order chi connectivity index (χ1) is 8.28. The normalized spacial score (nSPS) is 12.6. The largest absolute Gasteiger partial charge is 0.483 e. The van der Waals surface area contributed by atoms with Crippen LogP contribution in [0.4, 0.5) is 5.95 Å². The van der Waals surface area contributed by atoms with Crippen molar-refractivity contribution in [3.8, 4) is 16.3 Å². The Bertz CT molecular complexity index is 567. The van der Waals surface area contributed by atoms with E-state index in [0.29, 0.717) is 12.6 Å². The Balaban J connectivity index is 2.12. The first-order valence-corrected chi connectivity index (χ1v) is 6.30.